The van der Waals surface area contributed by atoms with Crippen LogP contribution in [0, 0.1) is 17.3 Å². The van der Waals surface area contributed by atoms with Gasteiger partial charge in [0.25, 0.3) is 0 Å². The van der Waals surface area contributed by atoms with Gasteiger partial charge >= 0.3 is 0 Å². The molecule has 1 aliphatic carbocycles. The Morgan fingerprint density at radius 3 is 2.05 bits per heavy atom. The summed E-state index contributed by atoms with van der Waals surface area (Å²) < 4.78 is 0. The molecule has 1 amide bonds. The molecule has 0 aromatic heterocycles. The fourth-order valence-electron chi connectivity index (χ4n) is 3.70. The molecule has 0 bridgehead atoms. The molecule has 1 aliphatic heterocycles. The van der Waals surface area contributed by atoms with Crippen molar-refractivity contribution in [3.05, 3.63) is 0 Å². The molecule has 2 aliphatic rings. The zero-order valence-electron chi connectivity index (χ0n) is 13.5. The molecule has 2 fully saturated rings. The Kier molecular flexibility index (Phi) is 4.45. The Bertz CT molecular complexity index is 351. The third-order valence-corrected chi connectivity index (χ3v) is 5.45. The van der Waals surface area contributed by atoms with Gasteiger partial charge in [0, 0.05) is 6.54 Å². The largest absolute Gasteiger partial charge is 0.368 e. The van der Waals surface area contributed by atoms with Crippen LogP contribution in [0.3, 0.4) is 0 Å². The molecular weight excluding hydrogens is 250 g/mol. The average Bonchev–Trinajstić information content (AvgIpc) is 3.19. The highest BCUT2D eigenvalue weighted by Gasteiger charge is 2.50. The van der Waals surface area contributed by atoms with Crippen molar-refractivity contribution in [1.82, 2.24) is 10.2 Å². The molecule has 1 saturated carbocycles. The molecule has 2 rings (SSSR count). The Balaban J connectivity index is 1.95. The van der Waals surface area contributed by atoms with Gasteiger partial charge in [-0.2, -0.15) is 0 Å². The lowest BCUT2D eigenvalue weighted by molar-refractivity contribution is -0.126. The number of likely N-dealkylation sites (tertiary alicyclic amines) is 1. The number of amides is 1. The van der Waals surface area contributed by atoms with Crippen LogP contribution in [0.1, 0.15) is 46.5 Å². The lowest BCUT2D eigenvalue weighted by Gasteiger charge is -2.42. The van der Waals surface area contributed by atoms with E-state index in [1.807, 2.05) is 7.05 Å². The van der Waals surface area contributed by atoms with Crippen molar-refractivity contribution in [3.63, 3.8) is 0 Å². The number of carbonyl (C=O) groups is 1. The third kappa shape index (κ3) is 3.17. The number of rotatable bonds is 5. The normalized spacial score (nSPS) is 25.4. The standard InChI is InChI=1S/C16H31N3O/c1-15(2,3)12-7-9-19(10-8-12)11-16(18-4,14(17)20)13-5-6-13/h12-13,18H,5-11H2,1-4H3,(H2,17,20). The van der Waals surface area contributed by atoms with Gasteiger partial charge in [0.15, 0.2) is 0 Å². The van der Waals surface area contributed by atoms with Crippen LogP contribution in [0.25, 0.3) is 0 Å². The lowest BCUT2D eigenvalue weighted by atomic mass is 9.75. The van der Waals surface area contributed by atoms with Crippen LogP contribution in [-0.4, -0.2) is 43.0 Å². The molecule has 4 heteroatoms. The number of nitrogens with one attached hydrogen (secondary N) is 1. The smallest absolute Gasteiger partial charge is 0.239 e. The van der Waals surface area contributed by atoms with Crippen molar-refractivity contribution < 1.29 is 4.79 Å². The highest BCUT2D eigenvalue weighted by Crippen LogP contribution is 2.41. The molecule has 0 aromatic carbocycles. The van der Waals surface area contributed by atoms with Gasteiger partial charge < -0.3 is 16.0 Å². The molecule has 3 N–H and O–H groups in total. The maximum Gasteiger partial charge on any atom is 0.239 e. The van der Waals surface area contributed by atoms with Gasteiger partial charge in [0.05, 0.1) is 0 Å². The molecular formula is C16H31N3O. The van der Waals surface area contributed by atoms with Gasteiger partial charge in [-0.05, 0) is 63.1 Å². The fourth-order valence-corrected chi connectivity index (χ4v) is 3.70. The van der Waals surface area contributed by atoms with Crippen molar-refractivity contribution in [2.75, 3.05) is 26.7 Å². The Morgan fingerprint density at radius 2 is 1.70 bits per heavy atom. The Labute approximate surface area is 123 Å². The molecule has 20 heavy (non-hydrogen) atoms. The molecule has 1 unspecified atom stereocenters. The van der Waals surface area contributed by atoms with Crippen molar-refractivity contribution >= 4 is 5.91 Å². The predicted octanol–water partition coefficient (Wildman–Crippen LogP) is 1.60. The monoisotopic (exact) mass is 281 g/mol. The second-order valence-corrected chi connectivity index (χ2v) is 7.78. The number of carbonyl (C=O) groups excluding carboxylic acids is 1. The summed E-state index contributed by atoms with van der Waals surface area (Å²) >= 11 is 0. The minimum absolute atomic E-state index is 0.180. The van der Waals surface area contributed by atoms with E-state index in [1.165, 1.54) is 12.8 Å². The maximum atomic E-state index is 12.0. The van der Waals surface area contributed by atoms with Crippen LogP contribution in [-0.2, 0) is 4.79 Å². The number of nitrogens with two attached hydrogens (primary N) is 1. The van der Waals surface area contributed by atoms with Gasteiger partial charge in [-0.15, -0.1) is 0 Å². The summed E-state index contributed by atoms with van der Waals surface area (Å²) in [6, 6.07) is 0. The Morgan fingerprint density at radius 1 is 1.15 bits per heavy atom. The zero-order chi connectivity index (χ0) is 15.0. The quantitative estimate of drug-likeness (QED) is 0.805. The predicted molar refractivity (Wildman–Crippen MR) is 82.3 cm³/mol. The van der Waals surface area contributed by atoms with E-state index in [0.717, 1.165) is 38.4 Å². The minimum Gasteiger partial charge on any atom is -0.368 e. The van der Waals surface area contributed by atoms with E-state index in [9.17, 15) is 4.79 Å². The van der Waals surface area contributed by atoms with Crippen LogP contribution in [0.5, 0.6) is 0 Å². The second kappa shape index (κ2) is 5.64. The molecule has 0 aromatic rings. The van der Waals surface area contributed by atoms with Gasteiger partial charge in [0.1, 0.15) is 5.54 Å². The summed E-state index contributed by atoms with van der Waals surface area (Å²) in [4.78, 5) is 14.4. The van der Waals surface area contributed by atoms with E-state index < -0.39 is 5.54 Å². The first-order chi connectivity index (χ1) is 9.29. The van der Waals surface area contributed by atoms with E-state index in [1.54, 1.807) is 0 Å². The number of hydrogen-bond donors (Lipinski definition) is 2. The summed E-state index contributed by atoms with van der Waals surface area (Å²) in [5.74, 6) is 1.04. The summed E-state index contributed by atoms with van der Waals surface area (Å²) in [6.45, 7) is 9.95. The minimum atomic E-state index is -0.505. The van der Waals surface area contributed by atoms with E-state index in [-0.39, 0.29) is 5.91 Å². The van der Waals surface area contributed by atoms with Gasteiger partial charge in [-0.1, -0.05) is 20.8 Å². The summed E-state index contributed by atoms with van der Waals surface area (Å²) in [6.07, 6.45) is 4.71. The number of likely N-dealkylation sites (N-methyl/N-ethyl adjacent to an activating group) is 1. The van der Waals surface area contributed by atoms with Crippen molar-refractivity contribution in [1.29, 1.82) is 0 Å². The number of hydrogen-bond acceptors (Lipinski definition) is 3. The SMILES string of the molecule is CNC(CN1CCC(C(C)(C)C)CC1)(C(N)=O)C1CC1. The van der Waals surface area contributed by atoms with Gasteiger partial charge in [0.2, 0.25) is 5.91 Å². The van der Waals surface area contributed by atoms with Gasteiger partial charge in [-0.3, -0.25) is 4.79 Å². The molecule has 0 spiro atoms. The first-order valence-electron chi connectivity index (χ1n) is 8.01. The topological polar surface area (TPSA) is 58.4 Å². The van der Waals surface area contributed by atoms with E-state index >= 15 is 0 Å². The second-order valence-electron chi connectivity index (χ2n) is 7.78. The lowest BCUT2D eigenvalue weighted by Crippen LogP contribution is -2.62. The molecule has 1 saturated heterocycles. The van der Waals surface area contributed by atoms with Crippen LogP contribution < -0.4 is 11.1 Å². The molecule has 1 heterocycles. The first kappa shape index (κ1) is 15.8. The van der Waals surface area contributed by atoms with Crippen LogP contribution in [0.15, 0.2) is 0 Å². The fraction of sp³-hybridized carbons (Fsp3) is 0.938. The molecule has 4 nitrogen and oxygen atoms in total. The molecule has 1 atom stereocenters. The summed E-state index contributed by atoms with van der Waals surface area (Å²) in [5, 5.41) is 3.25. The zero-order valence-corrected chi connectivity index (χ0v) is 13.5. The highest BCUT2D eigenvalue weighted by atomic mass is 16.1. The van der Waals surface area contributed by atoms with E-state index in [2.05, 4.69) is 31.0 Å². The van der Waals surface area contributed by atoms with Crippen molar-refractivity contribution in [2.45, 2.75) is 52.0 Å². The number of piperidine rings is 1. The van der Waals surface area contributed by atoms with E-state index in [4.69, 9.17) is 5.73 Å². The number of nitrogens with zero attached hydrogens (tertiary/aromatic N) is 1. The van der Waals surface area contributed by atoms with Crippen LogP contribution >= 0.6 is 0 Å². The maximum absolute atomic E-state index is 12.0. The van der Waals surface area contributed by atoms with Crippen molar-refractivity contribution in [2.24, 2.45) is 23.0 Å². The summed E-state index contributed by atoms with van der Waals surface area (Å²) in [5.41, 5.74) is 5.60. The molecule has 0 radical (unpaired) electrons. The summed E-state index contributed by atoms with van der Waals surface area (Å²) in [7, 11) is 1.88. The van der Waals surface area contributed by atoms with Crippen LogP contribution in [0.2, 0.25) is 0 Å². The number of primary amides is 1. The highest BCUT2D eigenvalue weighted by molar-refractivity contribution is 5.86. The average molecular weight is 281 g/mol. The Hall–Kier alpha value is -0.610. The van der Waals surface area contributed by atoms with E-state index in [0.29, 0.717) is 11.3 Å². The first-order valence-corrected chi connectivity index (χ1v) is 8.01. The van der Waals surface area contributed by atoms with Crippen molar-refractivity contribution in [3.8, 4) is 0 Å². The molecule has 116 valence electrons. The van der Waals surface area contributed by atoms with Crippen LogP contribution in [0.4, 0.5) is 0 Å². The third-order valence-electron chi connectivity index (χ3n) is 5.45. The van der Waals surface area contributed by atoms with Gasteiger partial charge in [-0.25, -0.2) is 0 Å².